The van der Waals surface area contributed by atoms with Gasteiger partial charge in [0.15, 0.2) is 11.7 Å². The van der Waals surface area contributed by atoms with Crippen LogP contribution < -0.4 is 15.0 Å². The number of aliphatic imine (C=N–C) groups is 1. The highest BCUT2D eigenvalue weighted by Crippen LogP contribution is 2.28. The maximum atomic E-state index is 5.49. The lowest BCUT2D eigenvalue weighted by molar-refractivity contribution is 0.354. The van der Waals surface area contributed by atoms with Crippen LogP contribution in [-0.4, -0.2) is 56.4 Å². The number of aromatic nitrogens is 1. The zero-order chi connectivity index (χ0) is 18.4. The monoisotopic (exact) mass is 357 g/mol. The number of hydrogen-bond donors (Lipinski definition) is 1. The van der Waals surface area contributed by atoms with E-state index in [2.05, 4.69) is 38.3 Å². The molecule has 3 rings (SSSR count). The molecule has 26 heavy (non-hydrogen) atoms. The normalized spacial score (nSPS) is 15.3. The third-order valence-electron chi connectivity index (χ3n) is 4.61. The first kappa shape index (κ1) is 18.1. The predicted octanol–water partition coefficient (Wildman–Crippen LogP) is 2.14. The average Bonchev–Trinajstić information content (AvgIpc) is 3.17. The first-order chi connectivity index (χ1) is 12.7. The van der Waals surface area contributed by atoms with Gasteiger partial charge in [0.2, 0.25) is 0 Å². The van der Waals surface area contributed by atoms with E-state index in [1.165, 1.54) is 0 Å². The molecule has 7 nitrogen and oxygen atoms in total. The van der Waals surface area contributed by atoms with Crippen LogP contribution in [0.1, 0.15) is 18.4 Å². The second-order valence-corrected chi connectivity index (χ2v) is 6.18. The summed E-state index contributed by atoms with van der Waals surface area (Å²) in [5, 5.41) is 7.39. The fraction of sp³-hybridized carbons (Fsp3) is 0.474. The van der Waals surface area contributed by atoms with Crippen molar-refractivity contribution in [1.29, 1.82) is 0 Å². The summed E-state index contributed by atoms with van der Waals surface area (Å²) < 4.78 is 10.8. The van der Waals surface area contributed by atoms with Crippen LogP contribution in [0.2, 0.25) is 0 Å². The molecular weight excluding hydrogens is 330 g/mol. The molecule has 1 aliphatic rings. The van der Waals surface area contributed by atoms with Crippen LogP contribution in [0.5, 0.6) is 5.75 Å². The molecule has 1 saturated heterocycles. The number of guanidine groups is 1. The summed E-state index contributed by atoms with van der Waals surface area (Å²) in [6.45, 7) is 6.29. The maximum Gasteiger partial charge on any atom is 0.194 e. The molecular formula is C19H27N5O2. The van der Waals surface area contributed by atoms with Crippen LogP contribution in [0.25, 0.3) is 0 Å². The van der Waals surface area contributed by atoms with E-state index in [9.17, 15) is 0 Å². The van der Waals surface area contributed by atoms with E-state index < -0.39 is 0 Å². The van der Waals surface area contributed by atoms with Crippen LogP contribution in [0.3, 0.4) is 0 Å². The molecule has 1 N–H and O–H groups in total. The van der Waals surface area contributed by atoms with E-state index in [1.807, 2.05) is 31.3 Å². The molecule has 0 saturated carbocycles. The predicted molar refractivity (Wildman–Crippen MR) is 103 cm³/mol. The SMILES string of the molecule is CCc1cc(CNC(=NC)N2CCN(c3ccccc3OC)CC2)on1. The Morgan fingerprint density at radius 2 is 2.04 bits per heavy atom. The van der Waals surface area contributed by atoms with Crippen molar-refractivity contribution in [1.82, 2.24) is 15.4 Å². The average molecular weight is 357 g/mol. The number of piperazine rings is 1. The fourth-order valence-corrected chi connectivity index (χ4v) is 3.15. The van der Waals surface area contributed by atoms with Crippen molar-refractivity contribution in [2.45, 2.75) is 19.9 Å². The quantitative estimate of drug-likeness (QED) is 0.653. The van der Waals surface area contributed by atoms with Crippen LogP contribution in [0.4, 0.5) is 5.69 Å². The van der Waals surface area contributed by atoms with Crippen LogP contribution in [0, 0.1) is 0 Å². The number of rotatable bonds is 5. The van der Waals surface area contributed by atoms with Gasteiger partial charge in [0.25, 0.3) is 0 Å². The van der Waals surface area contributed by atoms with Gasteiger partial charge < -0.3 is 24.4 Å². The van der Waals surface area contributed by atoms with E-state index in [1.54, 1.807) is 7.11 Å². The Balaban J connectivity index is 1.55. The number of anilines is 1. The lowest BCUT2D eigenvalue weighted by atomic mass is 10.2. The Bertz CT molecular complexity index is 735. The van der Waals surface area contributed by atoms with Crippen molar-refractivity contribution in [2.24, 2.45) is 4.99 Å². The molecule has 1 aromatic carbocycles. The minimum atomic E-state index is 0.590. The Morgan fingerprint density at radius 1 is 1.27 bits per heavy atom. The molecule has 7 heteroatoms. The zero-order valence-corrected chi connectivity index (χ0v) is 15.7. The zero-order valence-electron chi connectivity index (χ0n) is 15.7. The summed E-state index contributed by atoms with van der Waals surface area (Å²) in [6, 6.07) is 10.1. The molecule has 0 bridgehead atoms. The Hall–Kier alpha value is -2.70. The molecule has 0 unspecified atom stereocenters. The van der Waals surface area contributed by atoms with Gasteiger partial charge in [0.05, 0.1) is 25.0 Å². The first-order valence-electron chi connectivity index (χ1n) is 9.03. The Kier molecular flexibility index (Phi) is 5.99. The van der Waals surface area contributed by atoms with E-state index >= 15 is 0 Å². The first-order valence-corrected chi connectivity index (χ1v) is 9.03. The third kappa shape index (κ3) is 4.09. The molecule has 0 aliphatic carbocycles. The Labute approximate surface area is 154 Å². The summed E-state index contributed by atoms with van der Waals surface area (Å²) >= 11 is 0. The molecule has 1 fully saturated rings. The number of benzene rings is 1. The highest BCUT2D eigenvalue weighted by Gasteiger charge is 2.21. The summed E-state index contributed by atoms with van der Waals surface area (Å²) in [5.41, 5.74) is 2.12. The number of methoxy groups -OCH3 is 1. The van der Waals surface area contributed by atoms with Gasteiger partial charge in [-0.2, -0.15) is 0 Å². The molecule has 140 valence electrons. The van der Waals surface area contributed by atoms with Gasteiger partial charge in [-0.25, -0.2) is 0 Å². The summed E-state index contributed by atoms with van der Waals surface area (Å²) in [7, 11) is 3.53. The summed E-state index contributed by atoms with van der Waals surface area (Å²) in [4.78, 5) is 9.03. The highest BCUT2D eigenvalue weighted by atomic mass is 16.5. The topological polar surface area (TPSA) is 66.1 Å². The van der Waals surface area contributed by atoms with Gasteiger partial charge >= 0.3 is 0 Å². The highest BCUT2D eigenvalue weighted by molar-refractivity contribution is 5.80. The van der Waals surface area contributed by atoms with Crippen molar-refractivity contribution in [3.8, 4) is 5.75 Å². The van der Waals surface area contributed by atoms with E-state index in [4.69, 9.17) is 9.26 Å². The number of para-hydroxylation sites is 2. The van der Waals surface area contributed by atoms with E-state index in [0.29, 0.717) is 6.54 Å². The minimum absolute atomic E-state index is 0.590. The Morgan fingerprint density at radius 3 is 2.69 bits per heavy atom. The van der Waals surface area contributed by atoms with Gasteiger partial charge in [0.1, 0.15) is 5.75 Å². The molecule has 0 amide bonds. The number of ether oxygens (including phenoxy) is 1. The summed E-state index contributed by atoms with van der Waals surface area (Å²) in [6.07, 6.45) is 0.878. The van der Waals surface area contributed by atoms with Crippen molar-refractivity contribution in [3.05, 3.63) is 41.8 Å². The smallest absolute Gasteiger partial charge is 0.194 e. The van der Waals surface area contributed by atoms with E-state index in [0.717, 1.165) is 61.5 Å². The second-order valence-electron chi connectivity index (χ2n) is 6.18. The van der Waals surface area contributed by atoms with Crippen molar-refractivity contribution in [3.63, 3.8) is 0 Å². The largest absolute Gasteiger partial charge is 0.495 e. The van der Waals surface area contributed by atoms with Crippen molar-refractivity contribution < 1.29 is 9.26 Å². The van der Waals surface area contributed by atoms with Crippen LogP contribution in [-0.2, 0) is 13.0 Å². The summed E-state index contributed by atoms with van der Waals surface area (Å²) in [5.74, 6) is 2.63. The number of nitrogens with one attached hydrogen (secondary N) is 1. The lowest BCUT2D eigenvalue weighted by Gasteiger charge is -2.38. The van der Waals surface area contributed by atoms with Gasteiger partial charge in [0, 0.05) is 39.3 Å². The molecule has 0 atom stereocenters. The van der Waals surface area contributed by atoms with E-state index in [-0.39, 0.29) is 0 Å². The molecule has 2 aromatic rings. The van der Waals surface area contributed by atoms with Crippen molar-refractivity contribution >= 4 is 11.6 Å². The molecule has 2 heterocycles. The van der Waals surface area contributed by atoms with Crippen molar-refractivity contribution in [2.75, 3.05) is 45.2 Å². The molecule has 1 aliphatic heterocycles. The van der Waals surface area contributed by atoms with Gasteiger partial charge in [-0.15, -0.1) is 0 Å². The molecule has 0 radical (unpaired) electrons. The lowest BCUT2D eigenvalue weighted by Crippen LogP contribution is -2.52. The third-order valence-corrected chi connectivity index (χ3v) is 4.61. The number of hydrogen-bond acceptors (Lipinski definition) is 5. The number of nitrogens with zero attached hydrogens (tertiary/aromatic N) is 4. The van der Waals surface area contributed by atoms with Gasteiger partial charge in [-0.05, 0) is 18.6 Å². The minimum Gasteiger partial charge on any atom is -0.495 e. The van der Waals surface area contributed by atoms with Crippen LogP contribution in [0.15, 0.2) is 39.8 Å². The second kappa shape index (κ2) is 8.60. The maximum absolute atomic E-state index is 5.49. The standard InChI is InChI=1S/C19H27N5O2/c1-4-15-13-16(26-22-15)14-21-19(20-2)24-11-9-23(10-12-24)17-7-5-6-8-18(17)25-3/h5-8,13H,4,9-12,14H2,1-3H3,(H,20,21). The van der Waals surface area contributed by atoms with Gasteiger partial charge in [-0.1, -0.05) is 24.2 Å². The van der Waals surface area contributed by atoms with Gasteiger partial charge in [-0.3, -0.25) is 4.99 Å². The molecule has 1 aromatic heterocycles. The fourth-order valence-electron chi connectivity index (χ4n) is 3.15. The number of aryl methyl sites for hydroxylation is 1. The molecule has 0 spiro atoms. The van der Waals surface area contributed by atoms with Crippen LogP contribution >= 0.6 is 0 Å².